The minimum atomic E-state index is 0.268. The van der Waals surface area contributed by atoms with Gasteiger partial charge < -0.3 is 5.73 Å². The van der Waals surface area contributed by atoms with Gasteiger partial charge in [0.25, 0.3) is 0 Å². The zero-order valence-electron chi connectivity index (χ0n) is 8.88. The number of hydrogen-bond acceptors (Lipinski definition) is 4. The highest BCUT2D eigenvalue weighted by atomic mass is 15.3. The molecule has 0 aliphatic carbocycles. The molecule has 2 heterocycles. The van der Waals surface area contributed by atoms with Crippen LogP contribution in [0.3, 0.4) is 0 Å². The SMILES string of the molecule is Cc1ccncc1Cn1cc(C#N)c(N)n1. The fourth-order valence-corrected chi connectivity index (χ4v) is 1.44. The summed E-state index contributed by atoms with van der Waals surface area (Å²) in [6.07, 6.45) is 5.18. The average Bonchev–Trinajstić information content (AvgIpc) is 2.62. The van der Waals surface area contributed by atoms with Crippen LogP contribution in [0.25, 0.3) is 0 Å². The summed E-state index contributed by atoms with van der Waals surface area (Å²) in [6, 6.07) is 3.93. The van der Waals surface area contributed by atoms with Crippen LogP contribution in [-0.4, -0.2) is 14.8 Å². The number of anilines is 1. The van der Waals surface area contributed by atoms with Crippen LogP contribution in [0.5, 0.6) is 0 Å². The average molecular weight is 213 g/mol. The smallest absolute Gasteiger partial charge is 0.163 e. The Balaban J connectivity index is 2.28. The van der Waals surface area contributed by atoms with E-state index >= 15 is 0 Å². The number of nitriles is 1. The molecule has 2 aromatic rings. The second-order valence-corrected chi connectivity index (χ2v) is 3.54. The van der Waals surface area contributed by atoms with Crippen LogP contribution >= 0.6 is 0 Å². The van der Waals surface area contributed by atoms with Crippen LogP contribution in [0.4, 0.5) is 5.82 Å². The molecule has 0 aliphatic rings. The first-order valence-electron chi connectivity index (χ1n) is 4.83. The van der Waals surface area contributed by atoms with Gasteiger partial charge in [0.2, 0.25) is 0 Å². The Morgan fingerprint density at radius 1 is 1.56 bits per heavy atom. The second kappa shape index (κ2) is 4.03. The Labute approximate surface area is 93.1 Å². The van der Waals surface area contributed by atoms with Gasteiger partial charge in [-0.3, -0.25) is 9.67 Å². The lowest BCUT2D eigenvalue weighted by molar-refractivity contribution is 0.685. The largest absolute Gasteiger partial charge is 0.381 e. The minimum absolute atomic E-state index is 0.268. The zero-order valence-corrected chi connectivity index (χ0v) is 8.88. The molecule has 0 aliphatic heterocycles. The molecular formula is C11H11N5. The molecular weight excluding hydrogens is 202 g/mol. The topological polar surface area (TPSA) is 80.5 Å². The lowest BCUT2D eigenvalue weighted by Gasteiger charge is -2.04. The maximum atomic E-state index is 8.76. The predicted molar refractivity (Wildman–Crippen MR) is 59.4 cm³/mol. The van der Waals surface area contributed by atoms with Gasteiger partial charge in [-0.2, -0.15) is 10.4 Å². The van der Waals surface area contributed by atoms with Crippen LogP contribution in [0.1, 0.15) is 16.7 Å². The minimum Gasteiger partial charge on any atom is -0.381 e. The van der Waals surface area contributed by atoms with Gasteiger partial charge in [-0.15, -0.1) is 0 Å². The van der Waals surface area contributed by atoms with Gasteiger partial charge in [-0.05, 0) is 24.1 Å². The van der Waals surface area contributed by atoms with E-state index in [-0.39, 0.29) is 5.82 Å². The van der Waals surface area contributed by atoms with Gasteiger partial charge in [0.15, 0.2) is 5.82 Å². The Morgan fingerprint density at radius 3 is 3.00 bits per heavy atom. The first kappa shape index (κ1) is 10.2. The lowest BCUT2D eigenvalue weighted by atomic mass is 10.2. The fraction of sp³-hybridized carbons (Fsp3) is 0.182. The predicted octanol–water partition coefficient (Wildman–Crippen LogP) is 1.09. The lowest BCUT2D eigenvalue weighted by Crippen LogP contribution is -2.03. The monoisotopic (exact) mass is 213 g/mol. The molecule has 0 bridgehead atoms. The third-order valence-electron chi connectivity index (χ3n) is 2.39. The highest BCUT2D eigenvalue weighted by molar-refractivity contribution is 5.46. The molecule has 16 heavy (non-hydrogen) atoms. The number of pyridine rings is 1. The molecule has 0 saturated heterocycles. The molecule has 2 aromatic heterocycles. The van der Waals surface area contributed by atoms with E-state index < -0.39 is 0 Å². The maximum Gasteiger partial charge on any atom is 0.163 e. The van der Waals surface area contributed by atoms with E-state index in [1.54, 1.807) is 23.3 Å². The quantitative estimate of drug-likeness (QED) is 0.809. The molecule has 5 heteroatoms. The first-order chi connectivity index (χ1) is 7.70. The van der Waals surface area contributed by atoms with Crippen molar-refractivity contribution in [3.05, 3.63) is 41.3 Å². The first-order valence-corrected chi connectivity index (χ1v) is 4.83. The van der Waals surface area contributed by atoms with Crippen molar-refractivity contribution >= 4 is 5.82 Å². The van der Waals surface area contributed by atoms with E-state index in [9.17, 15) is 0 Å². The number of rotatable bonds is 2. The van der Waals surface area contributed by atoms with Gasteiger partial charge in [-0.1, -0.05) is 0 Å². The van der Waals surface area contributed by atoms with Crippen molar-refractivity contribution in [2.45, 2.75) is 13.5 Å². The van der Waals surface area contributed by atoms with Crippen molar-refractivity contribution in [2.24, 2.45) is 0 Å². The van der Waals surface area contributed by atoms with E-state index in [1.807, 2.05) is 19.1 Å². The number of aromatic nitrogens is 3. The summed E-state index contributed by atoms with van der Waals surface area (Å²) in [4.78, 5) is 4.05. The fourth-order valence-electron chi connectivity index (χ4n) is 1.44. The standard InChI is InChI=1S/C11H11N5/c1-8-2-3-14-5-10(8)7-16-6-9(4-12)11(13)15-16/h2-3,5-6H,7H2,1H3,(H2,13,15). The maximum absolute atomic E-state index is 8.76. The van der Waals surface area contributed by atoms with Gasteiger partial charge in [-0.25, -0.2) is 0 Å². The van der Waals surface area contributed by atoms with Crippen LogP contribution in [0.2, 0.25) is 0 Å². The summed E-state index contributed by atoms with van der Waals surface area (Å²) in [6.45, 7) is 2.58. The normalized spacial score (nSPS) is 10.0. The van der Waals surface area contributed by atoms with E-state index in [2.05, 4.69) is 10.1 Å². The van der Waals surface area contributed by atoms with Gasteiger partial charge in [0.05, 0.1) is 6.54 Å². The number of nitrogen functional groups attached to an aromatic ring is 1. The molecule has 0 fully saturated rings. The molecule has 0 radical (unpaired) electrons. The number of nitrogens with zero attached hydrogens (tertiary/aromatic N) is 4. The molecule has 2 N–H and O–H groups in total. The van der Waals surface area contributed by atoms with Crippen molar-refractivity contribution in [2.75, 3.05) is 5.73 Å². The second-order valence-electron chi connectivity index (χ2n) is 3.54. The number of hydrogen-bond donors (Lipinski definition) is 1. The molecule has 0 spiro atoms. The Hall–Kier alpha value is -2.35. The Kier molecular flexibility index (Phi) is 2.56. The van der Waals surface area contributed by atoms with Crippen LogP contribution in [0, 0.1) is 18.3 Å². The van der Waals surface area contributed by atoms with E-state index in [0.29, 0.717) is 12.1 Å². The molecule has 5 nitrogen and oxygen atoms in total. The van der Waals surface area contributed by atoms with Crippen molar-refractivity contribution in [3.8, 4) is 6.07 Å². The highest BCUT2D eigenvalue weighted by Gasteiger charge is 2.06. The summed E-state index contributed by atoms with van der Waals surface area (Å²) in [5.41, 5.74) is 8.18. The molecule has 0 aromatic carbocycles. The summed E-state index contributed by atoms with van der Waals surface area (Å²) < 4.78 is 1.65. The van der Waals surface area contributed by atoms with Gasteiger partial charge in [0.1, 0.15) is 11.6 Å². The van der Waals surface area contributed by atoms with Crippen molar-refractivity contribution in [1.82, 2.24) is 14.8 Å². The Bertz CT molecular complexity index is 550. The summed E-state index contributed by atoms with van der Waals surface area (Å²) in [5.74, 6) is 0.268. The summed E-state index contributed by atoms with van der Waals surface area (Å²) in [7, 11) is 0. The highest BCUT2D eigenvalue weighted by Crippen LogP contribution is 2.11. The Morgan fingerprint density at radius 2 is 2.38 bits per heavy atom. The van der Waals surface area contributed by atoms with Crippen molar-refractivity contribution in [3.63, 3.8) is 0 Å². The number of aryl methyl sites for hydroxylation is 1. The third-order valence-corrected chi connectivity index (χ3v) is 2.39. The molecule has 2 rings (SSSR count). The van der Waals surface area contributed by atoms with Crippen LogP contribution < -0.4 is 5.73 Å². The van der Waals surface area contributed by atoms with E-state index in [4.69, 9.17) is 11.0 Å². The van der Waals surface area contributed by atoms with E-state index in [0.717, 1.165) is 11.1 Å². The van der Waals surface area contributed by atoms with Gasteiger partial charge in [0, 0.05) is 18.6 Å². The van der Waals surface area contributed by atoms with Gasteiger partial charge >= 0.3 is 0 Å². The van der Waals surface area contributed by atoms with Crippen molar-refractivity contribution < 1.29 is 0 Å². The molecule has 0 unspecified atom stereocenters. The molecule has 0 amide bonds. The zero-order chi connectivity index (χ0) is 11.5. The summed E-state index contributed by atoms with van der Waals surface area (Å²) in [5, 5.41) is 12.8. The van der Waals surface area contributed by atoms with Crippen molar-refractivity contribution in [1.29, 1.82) is 5.26 Å². The van der Waals surface area contributed by atoms with Crippen LogP contribution in [-0.2, 0) is 6.54 Å². The van der Waals surface area contributed by atoms with Crippen LogP contribution in [0.15, 0.2) is 24.7 Å². The third kappa shape index (κ3) is 1.86. The molecule has 0 saturated carbocycles. The molecule has 80 valence electrons. The van der Waals surface area contributed by atoms with E-state index in [1.165, 1.54) is 0 Å². The molecule has 0 atom stereocenters. The number of nitrogens with two attached hydrogens (primary N) is 1. The summed E-state index contributed by atoms with van der Waals surface area (Å²) >= 11 is 0.